The summed E-state index contributed by atoms with van der Waals surface area (Å²) in [4.78, 5) is 18.4. The van der Waals surface area contributed by atoms with Crippen LogP contribution >= 0.6 is 11.3 Å². The van der Waals surface area contributed by atoms with Crippen LogP contribution in [0.4, 0.5) is 5.69 Å². The van der Waals surface area contributed by atoms with Gasteiger partial charge in [-0.15, -0.1) is 17.9 Å². The molecule has 5 aromatic rings. The normalized spacial score (nSPS) is 11.9. The van der Waals surface area contributed by atoms with Crippen LogP contribution in [0.5, 0.6) is 0 Å². The number of allylic oxidation sites excluding steroid dienone is 1. The SMILES string of the molecule is C=CCn1c(-c2cc3ccccc3oc2=O)csc1=Nc1cccc2ccccc12. The van der Waals surface area contributed by atoms with E-state index in [4.69, 9.17) is 9.41 Å². The third-order valence-electron chi connectivity index (χ3n) is 5.01. The number of aromatic nitrogens is 1. The van der Waals surface area contributed by atoms with E-state index < -0.39 is 0 Å². The highest BCUT2D eigenvalue weighted by Crippen LogP contribution is 2.26. The second-order valence-corrected chi connectivity index (χ2v) is 7.73. The lowest BCUT2D eigenvalue weighted by molar-refractivity contribution is 0.562. The van der Waals surface area contributed by atoms with E-state index in [1.54, 1.807) is 12.1 Å². The van der Waals surface area contributed by atoms with E-state index in [0.717, 1.165) is 32.3 Å². The second-order valence-electron chi connectivity index (χ2n) is 6.90. The summed E-state index contributed by atoms with van der Waals surface area (Å²) in [5.41, 5.74) is 2.41. The molecule has 146 valence electrons. The van der Waals surface area contributed by atoms with Gasteiger partial charge in [-0.05, 0) is 23.6 Å². The molecule has 5 heteroatoms. The Morgan fingerprint density at radius 1 is 1.00 bits per heavy atom. The highest BCUT2D eigenvalue weighted by molar-refractivity contribution is 7.07. The minimum absolute atomic E-state index is 0.360. The first-order valence-corrected chi connectivity index (χ1v) is 10.5. The zero-order chi connectivity index (χ0) is 20.5. The minimum atomic E-state index is -0.360. The van der Waals surface area contributed by atoms with Gasteiger partial charge in [0.15, 0.2) is 4.80 Å². The molecule has 0 aliphatic heterocycles. The highest BCUT2D eigenvalue weighted by atomic mass is 32.1. The minimum Gasteiger partial charge on any atom is -0.422 e. The molecule has 0 N–H and O–H groups in total. The molecule has 30 heavy (non-hydrogen) atoms. The van der Waals surface area contributed by atoms with Gasteiger partial charge in [0, 0.05) is 22.7 Å². The molecule has 0 aliphatic rings. The molecule has 5 rings (SSSR count). The third kappa shape index (κ3) is 3.19. The van der Waals surface area contributed by atoms with Gasteiger partial charge in [0.2, 0.25) is 0 Å². The summed E-state index contributed by atoms with van der Waals surface area (Å²) in [7, 11) is 0. The van der Waals surface area contributed by atoms with Gasteiger partial charge in [0.25, 0.3) is 0 Å². The number of thiazole rings is 1. The number of benzene rings is 3. The topological polar surface area (TPSA) is 47.5 Å². The average molecular weight is 410 g/mol. The van der Waals surface area contributed by atoms with E-state index in [0.29, 0.717) is 17.7 Å². The standard InChI is InChI=1S/C25H18N2O2S/c1-2-14-27-22(20-15-18-9-4-6-13-23(18)29-24(20)28)16-30-25(27)26-21-12-7-10-17-8-3-5-11-19(17)21/h2-13,15-16H,1,14H2. The zero-order valence-electron chi connectivity index (χ0n) is 16.1. The summed E-state index contributed by atoms with van der Waals surface area (Å²) in [6.45, 7) is 4.42. The van der Waals surface area contributed by atoms with Crippen LogP contribution < -0.4 is 10.4 Å². The summed E-state index contributed by atoms with van der Waals surface area (Å²) in [6.07, 6.45) is 1.81. The molecular weight excluding hydrogens is 392 g/mol. The van der Waals surface area contributed by atoms with Gasteiger partial charge in [-0.1, -0.05) is 60.7 Å². The number of nitrogens with zero attached hydrogens (tertiary/aromatic N) is 2. The highest BCUT2D eigenvalue weighted by Gasteiger charge is 2.14. The Labute approximate surface area is 176 Å². The zero-order valence-corrected chi connectivity index (χ0v) is 16.9. The van der Waals surface area contributed by atoms with Crippen LogP contribution in [0, 0.1) is 0 Å². The van der Waals surface area contributed by atoms with Crippen LogP contribution in [-0.2, 0) is 6.54 Å². The molecule has 2 heterocycles. The summed E-state index contributed by atoms with van der Waals surface area (Å²) < 4.78 is 7.55. The van der Waals surface area contributed by atoms with Gasteiger partial charge >= 0.3 is 5.63 Å². The number of para-hydroxylation sites is 1. The summed E-state index contributed by atoms with van der Waals surface area (Å²) in [5.74, 6) is 0. The maximum Gasteiger partial charge on any atom is 0.345 e. The monoisotopic (exact) mass is 410 g/mol. The van der Waals surface area contributed by atoms with E-state index >= 15 is 0 Å². The first-order valence-electron chi connectivity index (χ1n) is 9.59. The van der Waals surface area contributed by atoms with Gasteiger partial charge in [-0.3, -0.25) is 0 Å². The lowest BCUT2D eigenvalue weighted by atomic mass is 10.1. The number of rotatable bonds is 4. The van der Waals surface area contributed by atoms with Gasteiger partial charge in [0.05, 0.1) is 16.9 Å². The Bertz CT molecular complexity index is 1520. The fourth-order valence-electron chi connectivity index (χ4n) is 3.59. The number of hydrogen-bond donors (Lipinski definition) is 0. The van der Waals surface area contributed by atoms with Crippen LogP contribution in [-0.4, -0.2) is 4.57 Å². The van der Waals surface area contributed by atoms with Crippen LogP contribution in [0.1, 0.15) is 0 Å². The van der Waals surface area contributed by atoms with Crippen molar-refractivity contribution in [3.63, 3.8) is 0 Å². The van der Waals surface area contributed by atoms with E-state index in [2.05, 4.69) is 24.8 Å². The van der Waals surface area contributed by atoms with Gasteiger partial charge in [-0.25, -0.2) is 9.79 Å². The van der Waals surface area contributed by atoms with Crippen molar-refractivity contribution in [2.75, 3.05) is 0 Å². The van der Waals surface area contributed by atoms with Crippen LogP contribution in [0.25, 0.3) is 33.0 Å². The van der Waals surface area contributed by atoms with E-state index in [1.165, 1.54) is 11.3 Å². The fourth-order valence-corrected chi connectivity index (χ4v) is 4.51. The lowest BCUT2D eigenvalue weighted by Gasteiger charge is -2.07. The summed E-state index contributed by atoms with van der Waals surface area (Å²) in [5, 5.41) is 5.07. The quantitative estimate of drug-likeness (QED) is 0.274. The molecule has 0 saturated carbocycles. The van der Waals surface area contributed by atoms with Crippen LogP contribution in [0.15, 0.2) is 105 Å². The molecule has 0 amide bonds. The third-order valence-corrected chi connectivity index (χ3v) is 5.87. The molecule has 0 aliphatic carbocycles. The van der Waals surface area contributed by atoms with E-state index in [9.17, 15) is 4.79 Å². The number of hydrogen-bond acceptors (Lipinski definition) is 4. The van der Waals surface area contributed by atoms with Gasteiger partial charge < -0.3 is 8.98 Å². The van der Waals surface area contributed by atoms with Crippen LogP contribution in [0.3, 0.4) is 0 Å². The number of fused-ring (bicyclic) bond motifs is 2. The molecule has 0 radical (unpaired) electrons. The summed E-state index contributed by atoms with van der Waals surface area (Å²) in [6, 6.07) is 23.7. The first kappa shape index (κ1) is 18.3. The molecule has 0 unspecified atom stereocenters. The van der Waals surface area contributed by atoms with Gasteiger partial charge in [0.1, 0.15) is 5.58 Å². The molecule has 0 atom stereocenters. The predicted molar refractivity (Wildman–Crippen MR) is 123 cm³/mol. The van der Waals surface area contributed by atoms with Crippen molar-refractivity contribution in [1.29, 1.82) is 0 Å². The molecule has 0 spiro atoms. The Kier molecular flexibility index (Phi) is 4.65. The van der Waals surface area contributed by atoms with Crippen molar-refractivity contribution in [2.24, 2.45) is 4.99 Å². The van der Waals surface area contributed by atoms with E-state index in [-0.39, 0.29) is 5.63 Å². The molecule has 3 aromatic carbocycles. The molecule has 0 saturated heterocycles. The van der Waals surface area contributed by atoms with Crippen molar-refractivity contribution in [2.45, 2.75) is 6.54 Å². The molecule has 4 nitrogen and oxygen atoms in total. The molecule has 0 bridgehead atoms. The maximum atomic E-state index is 12.7. The Hall–Kier alpha value is -3.70. The van der Waals surface area contributed by atoms with Gasteiger partial charge in [-0.2, -0.15) is 0 Å². The smallest absolute Gasteiger partial charge is 0.345 e. The predicted octanol–water partition coefficient (Wildman–Crippen LogP) is 5.89. The first-order chi connectivity index (χ1) is 14.7. The molecule has 0 fully saturated rings. The van der Waals surface area contributed by atoms with E-state index in [1.807, 2.05) is 58.5 Å². The molecule has 2 aromatic heterocycles. The van der Waals surface area contributed by atoms with Crippen molar-refractivity contribution < 1.29 is 4.42 Å². The van der Waals surface area contributed by atoms with Crippen LogP contribution in [0.2, 0.25) is 0 Å². The maximum absolute atomic E-state index is 12.7. The fraction of sp³-hybridized carbons (Fsp3) is 0.0400. The van der Waals surface area contributed by atoms with Crippen molar-refractivity contribution >= 4 is 38.8 Å². The average Bonchev–Trinajstić information content (AvgIpc) is 3.16. The Balaban J connectivity index is 1.73. The largest absolute Gasteiger partial charge is 0.422 e. The van der Waals surface area contributed by atoms with Crippen molar-refractivity contribution in [1.82, 2.24) is 4.57 Å². The van der Waals surface area contributed by atoms with Crippen molar-refractivity contribution in [3.05, 3.63) is 106 Å². The Morgan fingerprint density at radius 2 is 1.77 bits per heavy atom. The molecular formula is C25H18N2O2S. The lowest BCUT2D eigenvalue weighted by Crippen LogP contribution is -2.17. The Morgan fingerprint density at radius 3 is 2.63 bits per heavy atom. The second kappa shape index (κ2) is 7.61. The summed E-state index contributed by atoms with van der Waals surface area (Å²) >= 11 is 1.50. The van der Waals surface area contributed by atoms with Crippen molar-refractivity contribution in [3.8, 4) is 11.3 Å².